The van der Waals surface area contributed by atoms with Crippen LogP contribution >= 0.6 is 11.6 Å². The van der Waals surface area contributed by atoms with Crippen LogP contribution in [0.4, 0.5) is 5.82 Å². The summed E-state index contributed by atoms with van der Waals surface area (Å²) in [6.45, 7) is 5.17. The van der Waals surface area contributed by atoms with E-state index in [1.54, 1.807) is 17.0 Å². The number of hydrogen-bond acceptors (Lipinski definition) is 3. The standard InChI is InChI=1S/C10H16ClN3O/c1-3-14-7-6-13-9(10(14)15)12-5-4-8(2)11/h6-8H,3-5H2,1-2H3,(H,12,13). The van der Waals surface area contributed by atoms with Crippen molar-refractivity contribution < 1.29 is 0 Å². The molecule has 1 rings (SSSR count). The van der Waals surface area contributed by atoms with E-state index >= 15 is 0 Å². The minimum Gasteiger partial charge on any atom is -0.365 e. The summed E-state index contributed by atoms with van der Waals surface area (Å²) < 4.78 is 1.61. The van der Waals surface area contributed by atoms with Gasteiger partial charge < -0.3 is 9.88 Å². The van der Waals surface area contributed by atoms with E-state index < -0.39 is 0 Å². The number of aromatic nitrogens is 2. The van der Waals surface area contributed by atoms with Gasteiger partial charge in [0.2, 0.25) is 0 Å². The SMILES string of the molecule is CCn1ccnc(NCCC(C)Cl)c1=O. The molecule has 0 bridgehead atoms. The molecule has 0 saturated carbocycles. The second kappa shape index (κ2) is 5.75. The summed E-state index contributed by atoms with van der Waals surface area (Å²) in [4.78, 5) is 15.7. The quantitative estimate of drug-likeness (QED) is 0.782. The molecule has 0 aliphatic rings. The van der Waals surface area contributed by atoms with E-state index in [9.17, 15) is 4.79 Å². The normalized spacial score (nSPS) is 12.5. The van der Waals surface area contributed by atoms with Crippen LogP contribution in [0.1, 0.15) is 20.3 Å². The van der Waals surface area contributed by atoms with Crippen LogP contribution in [0.2, 0.25) is 0 Å². The maximum Gasteiger partial charge on any atom is 0.293 e. The maximum absolute atomic E-state index is 11.7. The van der Waals surface area contributed by atoms with Crippen molar-refractivity contribution in [3.05, 3.63) is 22.7 Å². The summed E-state index contributed by atoms with van der Waals surface area (Å²) >= 11 is 5.80. The van der Waals surface area contributed by atoms with Crippen molar-refractivity contribution >= 4 is 17.4 Å². The zero-order valence-electron chi connectivity index (χ0n) is 9.03. The smallest absolute Gasteiger partial charge is 0.293 e. The van der Waals surface area contributed by atoms with Gasteiger partial charge in [0.05, 0.1) is 0 Å². The molecule has 0 radical (unpaired) electrons. The van der Waals surface area contributed by atoms with Crippen molar-refractivity contribution in [2.24, 2.45) is 0 Å². The minimum absolute atomic E-state index is 0.0813. The third-order valence-corrected chi connectivity index (χ3v) is 2.31. The Morgan fingerprint density at radius 2 is 2.40 bits per heavy atom. The summed E-state index contributed by atoms with van der Waals surface area (Å²) in [7, 11) is 0. The van der Waals surface area contributed by atoms with Gasteiger partial charge in [-0.3, -0.25) is 4.79 Å². The molecule has 1 aromatic heterocycles. The first kappa shape index (κ1) is 12.0. The third kappa shape index (κ3) is 3.55. The lowest BCUT2D eigenvalue weighted by atomic mass is 10.3. The molecular weight excluding hydrogens is 214 g/mol. The molecule has 1 atom stereocenters. The van der Waals surface area contributed by atoms with Gasteiger partial charge in [0.25, 0.3) is 5.56 Å². The Morgan fingerprint density at radius 3 is 3.00 bits per heavy atom. The monoisotopic (exact) mass is 229 g/mol. The van der Waals surface area contributed by atoms with Gasteiger partial charge in [-0.15, -0.1) is 11.6 Å². The van der Waals surface area contributed by atoms with E-state index in [1.165, 1.54) is 0 Å². The van der Waals surface area contributed by atoms with Crippen LogP contribution in [0.5, 0.6) is 0 Å². The number of rotatable bonds is 5. The van der Waals surface area contributed by atoms with E-state index in [4.69, 9.17) is 11.6 Å². The largest absolute Gasteiger partial charge is 0.365 e. The maximum atomic E-state index is 11.7. The molecule has 1 N–H and O–H groups in total. The van der Waals surface area contributed by atoms with Crippen molar-refractivity contribution in [2.75, 3.05) is 11.9 Å². The summed E-state index contributed by atoms with van der Waals surface area (Å²) in [5.41, 5.74) is -0.0813. The first-order valence-electron chi connectivity index (χ1n) is 5.08. The van der Waals surface area contributed by atoms with Gasteiger partial charge in [-0.1, -0.05) is 0 Å². The Morgan fingerprint density at radius 1 is 1.67 bits per heavy atom. The van der Waals surface area contributed by atoms with Crippen molar-refractivity contribution in [1.29, 1.82) is 0 Å². The number of aryl methyl sites for hydroxylation is 1. The molecule has 4 nitrogen and oxygen atoms in total. The van der Waals surface area contributed by atoms with Crippen molar-refractivity contribution in [3.63, 3.8) is 0 Å². The molecule has 0 aliphatic carbocycles. The lowest BCUT2D eigenvalue weighted by Gasteiger charge is -2.07. The molecule has 1 heterocycles. The summed E-state index contributed by atoms with van der Waals surface area (Å²) in [5.74, 6) is 0.400. The number of alkyl halides is 1. The highest BCUT2D eigenvalue weighted by molar-refractivity contribution is 6.20. The van der Waals surface area contributed by atoms with E-state index in [2.05, 4.69) is 10.3 Å². The average molecular weight is 230 g/mol. The molecule has 1 unspecified atom stereocenters. The molecule has 0 amide bonds. The molecule has 1 aromatic rings. The van der Waals surface area contributed by atoms with E-state index in [0.717, 1.165) is 6.42 Å². The fourth-order valence-electron chi connectivity index (χ4n) is 1.21. The zero-order chi connectivity index (χ0) is 11.3. The van der Waals surface area contributed by atoms with Gasteiger partial charge in [-0.25, -0.2) is 4.98 Å². The van der Waals surface area contributed by atoms with E-state index in [1.807, 2.05) is 13.8 Å². The molecule has 5 heteroatoms. The third-order valence-electron chi connectivity index (χ3n) is 2.09. The minimum atomic E-state index is -0.0813. The van der Waals surface area contributed by atoms with E-state index in [-0.39, 0.29) is 10.9 Å². The topological polar surface area (TPSA) is 46.9 Å². The van der Waals surface area contributed by atoms with Crippen LogP contribution < -0.4 is 10.9 Å². The van der Waals surface area contributed by atoms with Crippen LogP contribution in [-0.4, -0.2) is 21.5 Å². The second-order valence-corrected chi connectivity index (χ2v) is 4.11. The molecule has 0 saturated heterocycles. The second-order valence-electron chi connectivity index (χ2n) is 3.36. The summed E-state index contributed by atoms with van der Waals surface area (Å²) in [6.07, 6.45) is 4.11. The number of anilines is 1. The molecule has 15 heavy (non-hydrogen) atoms. The van der Waals surface area contributed by atoms with Crippen molar-refractivity contribution in [3.8, 4) is 0 Å². The number of hydrogen-bond donors (Lipinski definition) is 1. The van der Waals surface area contributed by atoms with Gasteiger partial charge in [0, 0.05) is 30.9 Å². The average Bonchev–Trinajstić information content (AvgIpc) is 2.20. The fourth-order valence-corrected chi connectivity index (χ4v) is 1.32. The first-order chi connectivity index (χ1) is 7.15. The lowest BCUT2D eigenvalue weighted by Crippen LogP contribution is -2.24. The van der Waals surface area contributed by atoms with Crippen molar-refractivity contribution in [2.45, 2.75) is 32.2 Å². The Labute approximate surface area is 94.3 Å². The van der Waals surface area contributed by atoms with Gasteiger partial charge >= 0.3 is 0 Å². The number of nitrogens with one attached hydrogen (secondary N) is 1. The van der Waals surface area contributed by atoms with Crippen LogP contribution in [0, 0.1) is 0 Å². The first-order valence-corrected chi connectivity index (χ1v) is 5.52. The Kier molecular flexibility index (Phi) is 4.62. The molecule has 0 aliphatic heterocycles. The van der Waals surface area contributed by atoms with Crippen LogP contribution in [0.3, 0.4) is 0 Å². The zero-order valence-corrected chi connectivity index (χ0v) is 9.79. The highest BCUT2D eigenvalue weighted by Crippen LogP contribution is 2.00. The summed E-state index contributed by atoms with van der Waals surface area (Å²) in [5, 5.41) is 3.10. The van der Waals surface area contributed by atoms with Gasteiger partial charge in [0.15, 0.2) is 5.82 Å². The molecule has 84 valence electrons. The summed E-state index contributed by atoms with van der Waals surface area (Å²) in [6, 6.07) is 0. The Hall–Kier alpha value is -1.03. The predicted molar refractivity (Wildman–Crippen MR) is 62.6 cm³/mol. The highest BCUT2D eigenvalue weighted by Gasteiger charge is 2.03. The van der Waals surface area contributed by atoms with E-state index in [0.29, 0.717) is 18.9 Å². The highest BCUT2D eigenvalue weighted by atomic mass is 35.5. The molecule has 0 fully saturated rings. The van der Waals surface area contributed by atoms with Gasteiger partial charge in [0.1, 0.15) is 0 Å². The predicted octanol–water partition coefficient (Wildman–Crippen LogP) is 1.69. The van der Waals surface area contributed by atoms with Crippen molar-refractivity contribution in [1.82, 2.24) is 9.55 Å². The number of nitrogens with zero attached hydrogens (tertiary/aromatic N) is 2. The van der Waals surface area contributed by atoms with Crippen LogP contribution in [0.15, 0.2) is 17.2 Å². The molecular formula is C10H16ClN3O. The van der Waals surface area contributed by atoms with Crippen LogP contribution in [-0.2, 0) is 6.54 Å². The van der Waals surface area contributed by atoms with Gasteiger partial charge in [-0.05, 0) is 20.3 Å². The Bertz CT molecular complexity index is 362. The molecule has 0 spiro atoms. The molecule has 0 aromatic carbocycles. The lowest BCUT2D eigenvalue weighted by molar-refractivity contribution is 0.717. The Balaban J connectivity index is 2.65. The number of halogens is 1. The van der Waals surface area contributed by atoms with Gasteiger partial charge in [-0.2, -0.15) is 0 Å². The van der Waals surface area contributed by atoms with Crippen LogP contribution in [0.25, 0.3) is 0 Å². The fraction of sp³-hybridized carbons (Fsp3) is 0.600.